The summed E-state index contributed by atoms with van der Waals surface area (Å²) in [6.07, 6.45) is 7.20. The van der Waals surface area contributed by atoms with E-state index in [2.05, 4.69) is 36.4 Å². The van der Waals surface area contributed by atoms with Crippen molar-refractivity contribution in [1.82, 2.24) is 0 Å². The predicted octanol–water partition coefficient (Wildman–Crippen LogP) is 3.50. The van der Waals surface area contributed by atoms with E-state index < -0.39 is 0 Å². The lowest BCUT2D eigenvalue weighted by Gasteiger charge is -2.24. The zero-order valence-corrected chi connectivity index (χ0v) is 15.6. The van der Waals surface area contributed by atoms with Crippen LogP contribution in [0.1, 0.15) is 19.3 Å². The van der Waals surface area contributed by atoms with E-state index in [1.165, 1.54) is 4.90 Å². The monoisotopic (exact) mass is 364 g/mol. The first kappa shape index (κ1) is 18.9. The predicted molar refractivity (Wildman–Crippen MR) is 99.6 cm³/mol. The molecule has 0 radical (unpaired) electrons. The molecular formula is C20H28O4S. The molecule has 1 aromatic carbocycles. The molecule has 0 aliphatic heterocycles. The van der Waals surface area contributed by atoms with E-state index in [-0.39, 0.29) is 18.1 Å². The first-order chi connectivity index (χ1) is 12.3. The minimum atomic E-state index is -0.274. The molecule has 1 aromatic rings. The second kappa shape index (κ2) is 9.74. The molecule has 5 heteroatoms. The molecule has 2 aliphatic rings. The number of methoxy groups -OCH3 is 1. The van der Waals surface area contributed by atoms with Crippen LogP contribution in [0.3, 0.4) is 0 Å². The highest BCUT2D eigenvalue weighted by Gasteiger charge is 2.41. The number of ether oxygens (including phenoxy) is 3. The van der Waals surface area contributed by atoms with Crippen molar-refractivity contribution in [2.75, 3.05) is 27.1 Å². The smallest absolute Gasteiger partial charge is 0.147 e. The van der Waals surface area contributed by atoms with Gasteiger partial charge in [0.1, 0.15) is 6.79 Å². The minimum Gasteiger partial charge on any atom is -0.393 e. The average Bonchev–Trinajstić information content (AvgIpc) is 2.96. The number of benzene rings is 1. The standard InChI is InChI=1S/C20H28O4S/c1-22-11-12-23-14-24-20-10-9-17-18(20)8-7-16(13-19(17)21)25-15-5-3-2-4-6-15/h2-8,16-21H,9-14H2,1H3/t16-,17-,18-,19+,20+/m1/s1. The molecule has 25 heavy (non-hydrogen) atoms. The van der Waals surface area contributed by atoms with Gasteiger partial charge in [-0.05, 0) is 37.3 Å². The number of aliphatic hydroxyl groups excluding tert-OH is 1. The van der Waals surface area contributed by atoms with Crippen molar-refractivity contribution < 1.29 is 19.3 Å². The number of thioether (sulfide) groups is 1. The zero-order valence-electron chi connectivity index (χ0n) is 14.8. The summed E-state index contributed by atoms with van der Waals surface area (Å²) in [7, 11) is 1.66. The Morgan fingerprint density at radius 2 is 1.96 bits per heavy atom. The number of hydrogen-bond donors (Lipinski definition) is 1. The van der Waals surface area contributed by atoms with E-state index in [9.17, 15) is 5.11 Å². The van der Waals surface area contributed by atoms with Gasteiger partial charge in [-0.15, -0.1) is 11.8 Å². The van der Waals surface area contributed by atoms with Gasteiger partial charge in [0.15, 0.2) is 0 Å². The van der Waals surface area contributed by atoms with Gasteiger partial charge in [-0.2, -0.15) is 0 Å². The molecule has 0 aromatic heterocycles. The van der Waals surface area contributed by atoms with Gasteiger partial charge in [-0.25, -0.2) is 0 Å². The SMILES string of the molecule is COCCOCO[C@H]1CC[C@@H]2[C@H]1C=C[C@@H](Sc1ccccc1)C[C@@H]2O. The van der Waals surface area contributed by atoms with Gasteiger partial charge in [0.2, 0.25) is 0 Å². The lowest BCUT2D eigenvalue weighted by Crippen LogP contribution is -2.28. The van der Waals surface area contributed by atoms with Gasteiger partial charge in [-0.1, -0.05) is 30.4 Å². The molecule has 0 spiro atoms. The third kappa shape index (κ3) is 5.31. The highest BCUT2D eigenvalue weighted by atomic mass is 32.2. The second-order valence-corrected chi connectivity index (χ2v) is 8.01. The van der Waals surface area contributed by atoms with E-state index in [0.29, 0.717) is 31.2 Å². The van der Waals surface area contributed by atoms with E-state index in [0.717, 1.165) is 19.3 Å². The van der Waals surface area contributed by atoms with Gasteiger partial charge in [0.25, 0.3) is 0 Å². The molecule has 5 atom stereocenters. The van der Waals surface area contributed by atoms with Crippen molar-refractivity contribution in [1.29, 1.82) is 0 Å². The third-order valence-electron chi connectivity index (χ3n) is 5.05. The van der Waals surface area contributed by atoms with E-state index in [4.69, 9.17) is 14.2 Å². The topological polar surface area (TPSA) is 47.9 Å². The molecule has 4 nitrogen and oxygen atoms in total. The molecule has 0 bridgehead atoms. The maximum absolute atomic E-state index is 10.7. The molecule has 0 amide bonds. The van der Waals surface area contributed by atoms with Crippen LogP contribution in [0.15, 0.2) is 47.4 Å². The van der Waals surface area contributed by atoms with Crippen molar-refractivity contribution in [3.63, 3.8) is 0 Å². The highest BCUT2D eigenvalue weighted by Crippen LogP contribution is 2.42. The Hall–Kier alpha value is -0.850. The average molecular weight is 365 g/mol. The Morgan fingerprint density at radius 3 is 2.76 bits per heavy atom. The van der Waals surface area contributed by atoms with Gasteiger partial charge in [-0.3, -0.25) is 0 Å². The summed E-state index contributed by atoms with van der Waals surface area (Å²) < 4.78 is 16.3. The molecule has 0 unspecified atom stereocenters. The number of fused-ring (bicyclic) bond motifs is 1. The molecule has 1 N–H and O–H groups in total. The van der Waals surface area contributed by atoms with Crippen molar-refractivity contribution in [3.05, 3.63) is 42.5 Å². The fraction of sp³-hybridized carbons (Fsp3) is 0.600. The molecule has 2 aliphatic carbocycles. The second-order valence-electron chi connectivity index (χ2n) is 6.70. The minimum absolute atomic E-state index is 0.138. The summed E-state index contributed by atoms with van der Waals surface area (Å²) in [4.78, 5) is 1.25. The largest absolute Gasteiger partial charge is 0.393 e. The summed E-state index contributed by atoms with van der Waals surface area (Å²) in [5.74, 6) is 0.573. The molecule has 1 fully saturated rings. The van der Waals surface area contributed by atoms with Crippen LogP contribution in [0.2, 0.25) is 0 Å². The first-order valence-corrected chi connectivity index (χ1v) is 9.92. The van der Waals surface area contributed by atoms with Crippen molar-refractivity contribution >= 4 is 11.8 Å². The Balaban J connectivity index is 1.55. The number of hydrogen-bond acceptors (Lipinski definition) is 5. The van der Waals surface area contributed by atoms with Gasteiger partial charge < -0.3 is 19.3 Å². The summed E-state index contributed by atoms with van der Waals surface area (Å²) in [5, 5.41) is 11.0. The quantitative estimate of drug-likeness (QED) is 0.435. The van der Waals surface area contributed by atoms with Crippen LogP contribution in [0.5, 0.6) is 0 Å². The van der Waals surface area contributed by atoms with Crippen LogP contribution < -0.4 is 0 Å². The number of aliphatic hydroxyl groups is 1. The van der Waals surface area contributed by atoms with Crippen LogP contribution in [0.4, 0.5) is 0 Å². The lowest BCUT2D eigenvalue weighted by molar-refractivity contribution is -0.106. The van der Waals surface area contributed by atoms with Gasteiger partial charge in [0, 0.05) is 23.2 Å². The van der Waals surface area contributed by atoms with Crippen molar-refractivity contribution in [2.24, 2.45) is 11.8 Å². The highest BCUT2D eigenvalue weighted by molar-refractivity contribution is 8.00. The van der Waals surface area contributed by atoms with Crippen molar-refractivity contribution in [3.8, 4) is 0 Å². The Bertz CT molecular complexity index is 536. The molecule has 138 valence electrons. The fourth-order valence-corrected chi connectivity index (χ4v) is 4.90. The summed E-state index contributed by atoms with van der Waals surface area (Å²) in [6, 6.07) is 10.4. The summed E-state index contributed by atoms with van der Waals surface area (Å²) in [5.41, 5.74) is 0. The molecule has 3 rings (SSSR count). The Labute approximate surface area is 154 Å². The molecular weight excluding hydrogens is 336 g/mol. The number of rotatable bonds is 8. The maximum Gasteiger partial charge on any atom is 0.147 e. The summed E-state index contributed by atoms with van der Waals surface area (Å²) in [6.45, 7) is 1.42. The van der Waals surface area contributed by atoms with Gasteiger partial charge >= 0.3 is 0 Å². The summed E-state index contributed by atoms with van der Waals surface area (Å²) >= 11 is 1.82. The van der Waals surface area contributed by atoms with Crippen LogP contribution in [0, 0.1) is 11.8 Å². The normalized spacial score (nSPS) is 31.7. The molecule has 0 heterocycles. The van der Waals surface area contributed by atoms with E-state index in [1.807, 2.05) is 17.8 Å². The fourth-order valence-electron chi connectivity index (χ4n) is 3.77. The van der Waals surface area contributed by atoms with Crippen LogP contribution in [-0.4, -0.2) is 49.7 Å². The van der Waals surface area contributed by atoms with E-state index >= 15 is 0 Å². The first-order valence-electron chi connectivity index (χ1n) is 9.04. The van der Waals surface area contributed by atoms with Gasteiger partial charge in [0.05, 0.1) is 25.4 Å². The maximum atomic E-state index is 10.7. The third-order valence-corrected chi connectivity index (χ3v) is 6.25. The molecule has 1 saturated carbocycles. The molecule has 0 saturated heterocycles. The lowest BCUT2D eigenvalue weighted by atomic mass is 9.90. The van der Waals surface area contributed by atoms with Crippen molar-refractivity contribution in [2.45, 2.75) is 41.6 Å². The van der Waals surface area contributed by atoms with Crippen LogP contribution >= 0.6 is 11.8 Å². The van der Waals surface area contributed by atoms with E-state index in [1.54, 1.807) is 7.11 Å². The zero-order chi connectivity index (χ0) is 17.5. The van der Waals surface area contributed by atoms with Crippen LogP contribution in [0.25, 0.3) is 0 Å². The Kier molecular flexibility index (Phi) is 7.37. The van der Waals surface area contributed by atoms with Crippen LogP contribution in [-0.2, 0) is 14.2 Å². The Morgan fingerprint density at radius 1 is 1.12 bits per heavy atom.